The Morgan fingerprint density at radius 2 is 1.64 bits per heavy atom. The second-order valence-electron chi connectivity index (χ2n) is 4.81. The second kappa shape index (κ2) is 5.55. The van der Waals surface area contributed by atoms with Crippen molar-refractivity contribution in [2.24, 2.45) is 0 Å². The Labute approximate surface area is 135 Å². The Hall–Kier alpha value is -2.18. The van der Waals surface area contributed by atoms with E-state index in [1.54, 1.807) is 10.9 Å². The van der Waals surface area contributed by atoms with Crippen LogP contribution in [0.15, 0.2) is 40.5 Å². The van der Waals surface area contributed by atoms with Crippen LogP contribution in [0, 0.1) is 6.92 Å². The Balaban J connectivity index is 1.80. The summed E-state index contributed by atoms with van der Waals surface area (Å²) in [5.41, 5.74) is 2.42. The van der Waals surface area contributed by atoms with Gasteiger partial charge < -0.3 is 0 Å². The minimum atomic E-state index is -0.624. The van der Waals surface area contributed by atoms with Crippen molar-refractivity contribution in [2.75, 3.05) is 0 Å². The first-order valence-electron chi connectivity index (χ1n) is 6.37. The highest BCUT2D eigenvalue weighted by Gasteiger charge is 2.37. The van der Waals surface area contributed by atoms with Gasteiger partial charge in [0.25, 0.3) is 11.8 Å². The lowest BCUT2D eigenvalue weighted by Gasteiger charge is -2.11. The van der Waals surface area contributed by atoms with Gasteiger partial charge in [-0.1, -0.05) is 46.1 Å². The summed E-state index contributed by atoms with van der Waals surface area (Å²) < 4.78 is 1.57. The van der Waals surface area contributed by atoms with Gasteiger partial charge in [0.2, 0.25) is 0 Å². The summed E-state index contributed by atoms with van der Waals surface area (Å²) in [5, 5.41) is 7.41. The molecule has 0 N–H and O–H groups in total. The van der Waals surface area contributed by atoms with Crippen molar-refractivity contribution in [2.45, 2.75) is 13.5 Å². The van der Waals surface area contributed by atoms with Gasteiger partial charge in [-0.3, -0.25) is 14.5 Å². The van der Waals surface area contributed by atoms with Crippen LogP contribution >= 0.6 is 23.2 Å². The Bertz CT molecular complexity index is 771. The van der Waals surface area contributed by atoms with Gasteiger partial charge in [-0.25, -0.2) is 4.68 Å². The predicted molar refractivity (Wildman–Crippen MR) is 80.4 cm³/mol. The highest BCUT2D eigenvalue weighted by Crippen LogP contribution is 2.27. The first-order chi connectivity index (χ1) is 10.5. The van der Waals surface area contributed by atoms with Gasteiger partial charge in [-0.15, -0.1) is 5.10 Å². The fourth-order valence-electron chi connectivity index (χ4n) is 2.02. The lowest BCUT2D eigenvalue weighted by Crippen LogP contribution is -2.30. The van der Waals surface area contributed by atoms with Gasteiger partial charge in [-0.05, 0) is 19.1 Å². The summed E-state index contributed by atoms with van der Waals surface area (Å²) in [4.78, 5) is 24.6. The van der Waals surface area contributed by atoms with E-state index in [4.69, 9.17) is 23.2 Å². The quantitative estimate of drug-likeness (QED) is 0.805. The van der Waals surface area contributed by atoms with Crippen LogP contribution in [-0.2, 0) is 16.1 Å². The fourth-order valence-corrected chi connectivity index (χ4v) is 2.38. The van der Waals surface area contributed by atoms with Crippen LogP contribution in [0.1, 0.15) is 11.3 Å². The van der Waals surface area contributed by atoms with Crippen molar-refractivity contribution in [1.82, 2.24) is 19.9 Å². The Morgan fingerprint density at radius 3 is 2.23 bits per heavy atom. The molecule has 0 bridgehead atoms. The highest BCUT2D eigenvalue weighted by molar-refractivity contribution is 6.58. The van der Waals surface area contributed by atoms with E-state index in [0.29, 0.717) is 5.69 Å². The third-order valence-corrected chi connectivity index (χ3v) is 4.02. The zero-order valence-electron chi connectivity index (χ0n) is 11.5. The van der Waals surface area contributed by atoms with Gasteiger partial charge in [0, 0.05) is 0 Å². The minimum Gasteiger partial charge on any atom is -0.267 e. The molecule has 1 aromatic heterocycles. The first kappa shape index (κ1) is 14.7. The molecule has 3 rings (SSSR count). The summed E-state index contributed by atoms with van der Waals surface area (Å²) in [5.74, 6) is -1.25. The number of aryl methyl sites for hydroxylation is 1. The number of halogens is 2. The van der Waals surface area contributed by atoms with Crippen LogP contribution in [0.4, 0.5) is 0 Å². The van der Waals surface area contributed by atoms with E-state index < -0.39 is 11.8 Å². The summed E-state index contributed by atoms with van der Waals surface area (Å²) in [6.45, 7) is 1.96. The van der Waals surface area contributed by atoms with Crippen LogP contribution in [0.5, 0.6) is 0 Å². The van der Waals surface area contributed by atoms with Crippen LogP contribution < -0.4 is 0 Å². The fraction of sp³-hybridized carbons (Fsp3) is 0.143. The van der Waals surface area contributed by atoms with E-state index in [9.17, 15) is 9.59 Å². The zero-order valence-corrected chi connectivity index (χ0v) is 13.0. The minimum absolute atomic E-state index is 0.0318. The largest absolute Gasteiger partial charge is 0.274 e. The molecule has 0 unspecified atom stereocenters. The lowest BCUT2D eigenvalue weighted by molar-refractivity contribution is -0.137. The Morgan fingerprint density at radius 1 is 1.05 bits per heavy atom. The SMILES string of the molecule is Cc1ccc(-n2cc(CN3C(=O)C(Cl)=C(Cl)C3=O)nn2)cc1. The molecular formula is C14H10Cl2N4O2. The number of hydrogen-bond acceptors (Lipinski definition) is 4. The third kappa shape index (κ3) is 2.51. The van der Waals surface area contributed by atoms with Crippen molar-refractivity contribution >= 4 is 35.0 Å². The summed E-state index contributed by atoms with van der Waals surface area (Å²) >= 11 is 11.4. The number of amides is 2. The van der Waals surface area contributed by atoms with Gasteiger partial charge >= 0.3 is 0 Å². The molecule has 0 spiro atoms. The van der Waals surface area contributed by atoms with Gasteiger partial charge in [-0.2, -0.15) is 0 Å². The van der Waals surface area contributed by atoms with Gasteiger partial charge in [0.1, 0.15) is 15.8 Å². The normalized spacial score (nSPS) is 15.1. The highest BCUT2D eigenvalue weighted by atomic mass is 35.5. The molecule has 8 heteroatoms. The maximum Gasteiger partial charge on any atom is 0.274 e. The number of imide groups is 1. The van der Waals surface area contributed by atoms with Gasteiger partial charge in [0.05, 0.1) is 18.4 Å². The maximum atomic E-state index is 11.8. The second-order valence-corrected chi connectivity index (χ2v) is 5.57. The number of nitrogens with zero attached hydrogens (tertiary/aromatic N) is 4. The number of benzene rings is 1. The number of aromatic nitrogens is 3. The van der Waals surface area contributed by atoms with Crippen LogP contribution in [0.3, 0.4) is 0 Å². The smallest absolute Gasteiger partial charge is 0.267 e. The molecule has 0 atom stereocenters. The number of hydrogen-bond donors (Lipinski definition) is 0. The van der Waals surface area contributed by atoms with Crippen molar-refractivity contribution < 1.29 is 9.59 Å². The van der Waals surface area contributed by atoms with Crippen LogP contribution in [0.25, 0.3) is 5.69 Å². The van der Waals surface area contributed by atoms with Crippen molar-refractivity contribution in [1.29, 1.82) is 0 Å². The summed E-state index contributed by atoms with van der Waals surface area (Å²) in [6.07, 6.45) is 1.64. The molecule has 1 aromatic carbocycles. The van der Waals surface area contributed by atoms with E-state index in [2.05, 4.69) is 10.3 Å². The molecule has 0 saturated carbocycles. The molecule has 22 heavy (non-hydrogen) atoms. The molecule has 1 aliphatic heterocycles. The topological polar surface area (TPSA) is 68.1 Å². The van der Waals surface area contributed by atoms with E-state index in [1.165, 1.54) is 0 Å². The van der Waals surface area contributed by atoms with Crippen molar-refractivity contribution in [3.05, 3.63) is 51.8 Å². The molecule has 112 valence electrons. The average molecular weight is 337 g/mol. The van der Waals surface area contributed by atoms with Gasteiger partial charge in [0.15, 0.2) is 0 Å². The van der Waals surface area contributed by atoms with Crippen molar-refractivity contribution in [3.8, 4) is 5.69 Å². The van der Waals surface area contributed by atoms with E-state index in [0.717, 1.165) is 16.2 Å². The van der Waals surface area contributed by atoms with E-state index >= 15 is 0 Å². The van der Waals surface area contributed by atoms with E-state index in [-0.39, 0.29) is 16.6 Å². The average Bonchev–Trinajstić information content (AvgIpc) is 3.04. The van der Waals surface area contributed by atoms with Crippen molar-refractivity contribution in [3.63, 3.8) is 0 Å². The maximum absolute atomic E-state index is 11.8. The summed E-state index contributed by atoms with van der Waals surface area (Å²) in [6, 6.07) is 7.70. The molecule has 2 amide bonds. The molecule has 0 fully saturated rings. The monoisotopic (exact) mass is 336 g/mol. The predicted octanol–water partition coefficient (Wildman–Crippen LogP) is 2.13. The molecule has 0 radical (unpaired) electrons. The molecule has 0 saturated heterocycles. The Kier molecular flexibility index (Phi) is 3.72. The molecule has 2 aromatic rings. The molecule has 6 nitrogen and oxygen atoms in total. The number of carbonyl (C=O) groups excluding carboxylic acids is 2. The molecule has 2 heterocycles. The third-order valence-electron chi connectivity index (χ3n) is 3.22. The standard InChI is InChI=1S/C14H10Cl2N4O2/c1-8-2-4-10(5-3-8)20-7-9(17-18-20)6-19-13(21)11(15)12(16)14(19)22/h2-5,7H,6H2,1H3. The molecule has 0 aliphatic carbocycles. The molecular weight excluding hydrogens is 327 g/mol. The molecule has 1 aliphatic rings. The lowest BCUT2D eigenvalue weighted by atomic mass is 10.2. The van der Waals surface area contributed by atoms with E-state index in [1.807, 2.05) is 31.2 Å². The number of rotatable bonds is 3. The van der Waals surface area contributed by atoms with Crippen LogP contribution in [-0.4, -0.2) is 31.7 Å². The van der Waals surface area contributed by atoms with Crippen LogP contribution in [0.2, 0.25) is 0 Å². The zero-order chi connectivity index (χ0) is 15.9. The first-order valence-corrected chi connectivity index (χ1v) is 7.12. The summed E-state index contributed by atoms with van der Waals surface area (Å²) in [7, 11) is 0. The number of carbonyl (C=O) groups is 2.